The number of aromatic nitrogens is 4. The van der Waals surface area contributed by atoms with Crippen molar-refractivity contribution in [2.24, 2.45) is 0 Å². The molecule has 0 spiro atoms. The van der Waals surface area contributed by atoms with Crippen LogP contribution in [0.5, 0.6) is 0 Å². The van der Waals surface area contributed by atoms with Crippen LogP contribution in [0.25, 0.3) is 28.3 Å². The molecule has 5 nitrogen and oxygen atoms in total. The van der Waals surface area contributed by atoms with Crippen LogP contribution in [-0.2, 0) is 0 Å². The molecule has 0 unspecified atom stereocenters. The van der Waals surface area contributed by atoms with Crippen LogP contribution in [0.2, 0.25) is 0 Å². The van der Waals surface area contributed by atoms with E-state index < -0.39 is 0 Å². The van der Waals surface area contributed by atoms with Gasteiger partial charge >= 0.3 is 0 Å². The second-order valence-corrected chi connectivity index (χ2v) is 5.40. The number of fused-ring (bicyclic) bond motifs is 4. The van der Waals surface area contributed by atoms with E-state index in [4.69, 9.17) is 0 Å². The monoisotopic (exact) mass is 298 g/mol. The molecule has 2 heterocycles. The van der Waals surface area contributed by atoms with E-state index in [1.807, 2.05) is 54.6 Å². The fraction of sp³-hybridized carbons (Fsp3) is 0. The normalized spacial score (nSPS) is 12.4. The Hall–Kier alpha value is -3.34. The highest BCUT2D eigenvalue weighted by Crippen LogP contribution is 2.40. The molecule has 0 bridgehead atoms. The van der Waals surface area contributed by atoms with E-state index in [-0.39, 0.29) is 5.78 Å². The molecule has 0 saturated carbocycles. The average molecular weight is 298 g/mol. The second kappa shape index (κ2) is 4.33. The zero-order valence-electron chi connectivity index (χ0n) is 12.0. The van der Waals surface area contributed by atoms with Crippen LogP contribution in [0.1, 0.15) is 15.9 Å². The molecule has 0 amide bonds. The molecule has 0 aliphatic heterocycles. The van der Waals surface area contributed by atoms with Crippen molar-refractivity contribution < 1.29 is 4.79 Å². The van der Waals surface area contributed by atoms with Gasteiger partial charge in [0.2, 0.25) is 0 Å². The van der Waals surface area contributed by atoms with Crippen LogP contribution in [0.15, 0.2) is 60.9 Å². The molecule has 1 aliphatic rings. The van der Waals surface area contributed by atoms with Crippen LogP contribution in [0, 0.1) is 0 Å². The molecular formula is C18H10N4O. The maximum Gasteiger partial charge on any atom is 0.253 e. The standard InChI is InChI=1S/C18H10N4O/c23-17-13-9-5-4-8-12(13)15-14(17)16(11-6-2-1-3-7-11)22-18(21-15)19-10-20-22/h1-10H. The van der Waals surface area contributed by atoms with Crippen molar-refractivity contribution >= 4 is 11.6 Å². The number of nitrogens with zero attached hydrogens (tertiary/aromatic N) is 4. The van der Waals surface area contributed by atoms with E-state index >= 15 is 0 Å². The first-order valence-corrected chi connectivity index (χ1v) is 7.28. The van der Waals surface area contributed by atoms with Gasteiger partial charge in [0.1, 0.15) is 6.33 Å². The van der Waals surface area contributed by atoms with Crippen LogP contribution in [-0.4, -0.2) is 25.4 Å². The number of carbonyl (C=O) groups is 1. The first-order chi connectivity index (χ1) is 11.3. The van der Waals surface area contributed by atoms with Crippen molar-refractivity contribution in [3.05, 3.63) is 72.1 Å². The van der Waals surface area contributed by atoms with Crippen molar-refractivity contribution in [2.45, 2.75) is 0 Å². The lowest BCUT2D eigenvalue weighted by Crippen LogP contribution is -2.06. The number of ketones is 1. The SMILES string of the molecule is O=C1c2ccccc2-c2nc3ncnn3c(-c3ccccc3)c21. The van der Waals surface area contributed by atoms with Gasteiger partial charge in [-0.3, -0.25) is 4.79 Å². The molecule has 2 aromatic carbocycles. The maximum absolute atomic E-state index is 12.9. The van der Waals surface area contributed by atoms with Gasteiger partial charge in [-0.1, -0.05) is 54.6 Å². The highest BCUT2D eigenvalue weighted by atomic mass is 16.1. The van der Waals surface area contributed by atoms with Crippen LogP contribution >= 0.6 is 0 Å². The molecule has 0 fully saturated rings. The van der Waals surface area contributed by atoms with Crippen molar-refractivity contribution in [3.63, 3.8) is 0 Å². The average Bonchev–Trinajstić information content (AvgIpc) is 3.18. The molecule has 0 radical (unpaired) electrons. The largest absolute Gasteiger partial charge is 0.288 e. The summed E-state index contributed by atoms with van der Waals surface area (Å²) < 4.78 is 1.64. The van der Waals surface area contributed by atoms with Gasteiger partial charge in [0, 0.05) is 16.7 Å². The molecule has 5 heteroatoms. The summed E-state index contributed by atoms with van der Waals surface area (Å²) in [6.45, 7) is 0. The fourth-order valence-corrected chi connectivity index (χ4v) is 3.14. The Labute approximate surface area is 131 Å². The van der Waals surface area contributed by atoms with Crippen molar-refractivity contribution in [1.29, 1.82) is 0 Å². The number of benzene rings is 2. The lowest BCUT2D eigenvalue weighted by molar-refractivity contribution is 0.104. The minimum atomic E-state index is -0.0145. The molecule has 5 rings (SSSR count). The lowest BCUT2D eigenvalue weighted by Gasteiger charge is -2.09. The van der Waals surface area contributed by atoms with Gasteiger partial charge in [-0.25, -0.2) is 4.98 Å². The molecule has 2 aromatic heterocycles. The molecule has 108 valence electrons. The highest BCUT2D eigenvalue weighted by Gasteiger charge is 2.33. The second-order valence-electron chi connectivity index (χ2n) is 5.40. The Morgan fingerprint density at radius 3 is 2.43 bits per heavy atom. The first-order valence-electron chi connectivity index (χ1n) is 7.28. The Bertz CT molecular complexity index is 1080. The van der Waals surface area contributed by atoms with Crippen LogP contribution in [0.4, 0.5) is 0 Å². The van der Waals surface area contributed by atoms with Gasteiger partial charge in [-0.05, 0) is 0 Å². The Morgan fingerprint density at radius 1 is 0.870 bits per heavy atom. The third kappa shape index (κ3) is 1.56. The van der Waals surface area contributed by atoms with E-state index in [1.165, 1.54) is 6.33 Å². The zero-order valence-corrected chi connectivity index (χ0v) is 12.0. The van der Waals surface area contributed by atoms with Crippen molar-refractivity contribution in [2.75, 3.05) is 0 Å². The molecule has 0 atom stereocenters. The lowest BCUT2D eigenvalue weighted by atomic mass is 10.0. The molecule has 23 heavy (non-hydrogen) atoms. The predicted octanol–water partition coefficient (Wildman–Crippen LogP) is 3.00. The van der Waals surface area contributed by atoms with Crippen LogP contribution in [0.3, 0.4) is 0 Å². The van der Waals surface area contributed by atoms with E-state index in [0.717, 1.165) is 16.8 Å². The topological polar surface area (TPSA) is 60.2 Å². The highest BCUT2D eigenvalue weighted by molar-refractivity contribution is 6.23. The predicted molar refractivity (Wildman–Crippen MR) is 85.1 cm³/mol. The first kappa shape index (κ1) is 12.2. The van der Waals surface area contributed by atoms with E-state index in [9.17, 15) is 4.79 Å². The Balaban J connectivity index is 1.96. The number of hydrogen-bond donors (Lipinski definition) is 0. The fourth-order valence-electron chi connectivity index (χ4n) is 3.14. The van der Waals surface area contributed by atoms with Crippen molar-refractivity contribution in [1.82, 2.24) is 19.6 Å². The zero-order chi connectivity index (χ0) is 15.4. The van der Waals surface area contributed by atoms with Crippen LogP contribution < -0.4 is 0 Å². The van der Waals surface area contributed by atoms with Gasteiger partial charge in [0.15, 0.2) is 5.78 Å². The van der Waals surface area contributed by atoms with E-state index in [1.54, 1.807) is 4.52 Å². The Kier molecular flexibility index (Phi) is 2.30. The summed E-state index contributed by atoms with van der Waals surface area (Å²) in [5.74, 6) is 0.478. The number of rotatable bonds is 1. The van der Waals surface area contributed by atoms with Crippen molar-refractivity contribution in [3.8, 4) is 22.5 Å². The van der Waals surface area contributed by atoms with E-state index in [0.29, 0.717) is 22.6 Å². The Morgan fingerprint density at radius 2 is 1.61 bits per heavy atom. The van der Waals surface area contributed by atoms with Gasteiger partial charge in [-0.2, -0.15) is 14.6 Å². The molecule has 1 aliphatic carbocycles. The smallest absolute Gasteiger partial charge is 0.253 e. The summed E-state index contributed by atoms with van der Waals surface area (Å²) in [6.07, 6.45) is 1.46. The maximum atomic E-state index is 12.9. The molecule has 0 saturated heterocycles. The summed E-state index contributed by atoms with van der Waals surface area (Å²) >= 11 is 0. The summed E-state index contributed by atoms with van der Waals surface area (Å²) in [7, 11) is 0. The van der Waals surface area contributed by atoms with Gasteiger partial charge in [-0.15, -0.1) is 0 Å². The number of carbonyl (C=O) groups excluding carboxylic acids is 1. The summed E-state index contributed by atoms with van der Waals surface area (Å²) in [5, 5.41) is 4.26. The quantitative estimate of drug-likeness (QED) is 0.477. The van der Waals surface area contributed by atoms with E-state index in [2.05, 4.69) is 15.1 Å². The minimum Gasteiger partial charge on any atom is -0.288 e. The van der Waals surface area contributed by atoms with Gasteiger partial charge in [0.25, 0.3) is 5.78 Å². The third-order valence-electron chi connectivity index (χ3n) is 4.13. The van der Waals surface area contributed by atoms with Gasteiger partial charge in [0.05, 0.1) is 17.0 Å². The molecule has 4 aromatic rings. The minimum absolute atomic E-state index is 0.0145. The summed E-state index contributed by atoms with van der Waals surface area (Å²) in [6, 6.07) is 17.3. The summed E-state index contributed by atoms with van der Waals surface area (Å²) in [4.78, 5) is 21.7. The van der Waals surface area contributed by atoms with Gasteiger partial charge < -0.3 is 0 Å². The summed E-state index contributed by atoms with van der Waals surface area (Å²) in [5.41, 5.74) is 4.48. The number of hydrogen-bond acceptors (Lipinski definition) is 4. The molecular weight excluding hydrogens is 288 g/mol. The third-order valence-corrected chi connectivity index (χ3v) is 4.13. The molecule has 0 N–H and O–H groups in total.